The maximum absolute atomic E-state index is 12.1. The Morgan fingerprint density at radius 1 is 1.06 bits per heavy atom. The maximum Gasteiger partial charge on any atom is 0.281 e. The molecule has 1 atom stereocenters. The zero-order valence-electron chi connectivity index (χ0n) is 10.6. The molecule has 0 radical (unpaired) electrons. The van der Waals surface area contributed by atoms with Crippen molar-refractivity contribution in [1.82, 2.24) is 19.9 Å². The maximum atomic E-state index is 12.1. The van der Waals surface area contributed by atoms with Crippen LogP contribution in [0.3, 0.4) is 0 Å². The predicted octanol–water partition coefficient (Wildman–Crippen LogP) is 1.43. The third-order valence-electron chi connectivity index (χ3n) is 2.61. The van der Waals surface area contributed by atoms with E-state index in [9.17, 15) is 4.79 Å². The third kappa shape index (κ3) is 2.66. The van der Waals surface area contributed by atoms with E-state index in [1.54, 1.807) is 0 Å². The second-order valence-corrected chi connectivity index (χ2v) is 4.47. The largest absolute Gasteiger partial charge is 0.287 e. The highest BCUT2D eigenvalue weighted by atomic mass is 16.2. The summed E-state index contributed by atoms with van der Waals surface area (Å²) in [6.45, 7) is 10.2. The van der Waals surface area contributed by atoms with Crippen molar-refractivity contribution in [2.24, 2.45) is 0 Å². The summed E-state index contributed by atoms with van der Waals surface area (Å²) >= 11 is 0. The average Bonchev–Trinajstić information content (AvgIpc) is 2.67. The van der Waals surface area contributed by atoms with Crippen molar-refractivity contribution in [2.45, 2.75) is 52.7 Å². The van der Waals surface area contributed by atoms with E-state index < -0.39 is 0 Å². The first-order valence-electron chi connectivity index (χ1n) is 5.63. The summed E-state index contributed by atoms with van der Waals surface area (Å²) in [5, 5.41) is 7.74. The first-order chi connectivity index (χ1) is 7.45. The lowest BCUT2D eigenvalue weighted by Gasteiger charge is -2.34. The van der Waals surface area contributed by atoms with Crippen LogP contribution in [0.5, 0.6) is 0 Å². The summed E-state index contributed by atoms with van der Waals surface area (Å²) in [7, 11) is 0. The Bertz CT molecular complexity index is 324. The molecule has 0 fully saturated rings. The van der Waals surface area contributed by atoms with Gasteiger partial charge in [0.15, 0.2) is 0 Å². The van der Waals surface area contributed by atoms with Crippen LogP contribution < -0.4 is 0 Å². The van der Waals surface area contributed by atoms with E-state index in [0.717, 1.165) is 4.80 Å². The Labute approximate surface area is 96.4 Å². The van der Waals surface area contributed by atoms with E-state index in [-0.39, 0.29) is 11.9 Å². The molecule has 5 heteroatoms. The fourth-order valence-electron chi connectivity index (χ4n) is 2.11. The van der Waals surface area contributed by atoms with Crippen molar-refractivity contribution in [3.05, 3.63) is 12.4 Å². The number of carbonyl (C=O) groups excluding carboxylic acids is 1. The standard InChI is InChI=1S/C11H20N4O/c1-8(2)14(9(3)4)10(5)11(16)15-12-6-7-13-15/h6-10H,1-5H3. The molecule has 1 aromatic rings. The minimum atomic E-state index is -0.215. The van der Waals surface area contributed by atoms with Gasteiger partial charge in [0.2, 0.25) is 0 Å². The molecule has 16 heavy (non-hydrogen) atoms. The normalized spacial score (nSPS) is 13.8. The zero-order valence-corrected chi connectivity index (χ0v) is 10.6. The highest BCUT2D eigenvalue weighted by molar-refractivity contribution is 5.82. The van der Waals surface area contributed by atoms with E-state index in [4.69, 9.17) is 0 Å². The Kier molecular flexibility index (Phi) is 4.18. The monoisotopic (exact) mass is 224 g/mol. The predicted molar refractivity (Wildman–Crippen MR) is 62.2 cm³/mol. The summed E-state index contributed by atoms with van der Waals surface area (Å²) in [4.78, 5) is 15.4. The smallest absolute Gasteiger partial charge is 0.281 e. The molecule has 0 N–H and O–H groups in total. The van der Waals surface area contributed by atoms with Crippen molar-refractivity contribution in [2.75, 3.05) is 0 Å². The van der Waals surface area contributed by atoms with Gasteiger partial charge in [-0.05, 0) is 34.6 Å². The van der Waals surface area contributed by atoms with Crippen LogP contribution in [0.25, 0.3) is 0 Å². The van der Waals surface area contributed by atoms with Gasteiger partial charge in [0, 0.05) is 12.1 Å². The van der Waals surface area contributed by atoms with Crippen molar-refractivity contribution < 1.29 is 4.79 Å². The van der Waals surface area contributed by atoms with Crippen LogP contribution in [-0.4, -0.2) is 43.9 Å². The highest BCUT2D eigenvalue weighted by Gasteiger charge is 2.27. The molecule has 0 aliphatic heterocycles. The van der Waals surface area contributed by atoms with Crippen LogP contribution in [0.4, 0.5) is 0 Å². The molecular weight excluding hydrogens is 204 g/mol. The molecule has 1 aromatic heterocycles. The van der Waals surface area contributed by atoms with Gasteiger partial charge < -0.3 is 0 Å². The van der Waals surface area contributed by atoms with E-state index in [1.165, 1.54) is 12.4 Å². The van der Waals surface area contributed by atoms with Gasteiger partial charge in [-0.2, -0.15) is 10.2 Å². The van der Waals surface area contributed by atoms with E-state index in [1.807, 2.05) is 6.92 Å². The SMILES string of the molecule is CC(C)N(C(C)C)C(C)C(=O)n1nccn1. The fourth-order valence-corrected chi connectivity index (χ4v) is 2.11. The summed E-state index contributed by atoms with van der Waals surface area (Å²) < 4.78 is 0. The Morgan fingerprint density at radius 3 is 1.88 bits per heavy atom. The topological polar surface area (TPSA) is 51.0 Å². The molecular formula is C11H20N4O. The minimum absolute atomic E-state index is 0.0904. The Hall–Kier alpha value is -1.23. The van der Waals surface area contributed by atoms with Crippen molar-refractivity contribution >= 4 is 5.91 Å². The molecule has 0 aliphatic rings. The number of aromatic nitrogens is 3. The Morgan fingerprint density at radius 2 is 1.50 bits per heavy atom. The fraction of sp³-hybridized carbons (Fsp3) is 0.727. The molecule has 0 amide bonds. The van der Waals surface area contributed by atoms with Crippen LogP contribution in [0, 0.1) is 0 Å². The average molecular weight is 224 g/mol. The Balaban J connectivity index is 2.83. The van der Waals surface area contributed by atoms with E-state index >= 15 is 0 Å². The summed E-state index contributed by atoms with van der Waals surface area (Å²) in [6, 6.07) is 0.413. The third-order valence-corrected chi connectivity index (χ3v) is 2.61. The number of rotatable bonds is 4. The lowest BCUT2D eigenvalue weighted by atomic mass is 10.1. The van der Waals surface area contributed by atoms with Gasteiger partial charge in [0.25, 0.3) is 5.91 Å². The second-order valence-electron chi connectivity index (χ2n) is 4.47. The quantitative estimate of drug-likeness (QED) is 0.776. The molecule has 90 valence electrons. The van der Waals surface area contributed by atoms with Gasteiger partial charge in [-0.15, -0.1) is 4.80 Å². The van der Waals surface area contributed by atoms with Crippen LogP contribution in [0.1, 0.15) is 39.4 Å². The minimum Gasteiger partial charge on any atom is -0.287 e. The molecule has 5 nitrogen and oxygen atoms in total. The van der Waals surface area contributed by atoms with Crippen LogP contribution in [0.15, 0.2) is 12.4 Å². The molecule has 0 saturated carbocycles. The zero-order chi connectivity index (χ0) is 12.3. The van der Waals surface area contributed by atoms with Gasteiger partial charge in [-0.25, -0.2) is 0 Å². The summed E-state index contributed by atoms with van der Waals surface area (Å²) in [5.74, 6) is -0.0904. The van der Waals surface area contributed by atoms with Crippen LogP contribution >= 0.6 is 0 Å². The molecule has 0 aliphatic carbocycles. The number of hydrogen-bond donors (Lipinski definition) is 0. The lowest BCUT2D eigenvalue weighted by Crippen LogP contribution is -2.49. The van der Waals surface area contributed by atoms with Crippen molar-refractivity contribution in [3.8, 4) is 0 Å². The van der Waals surface area contributed by atoms with Gasteiger partial charge in [-0.1, -0.05) is 0 Å². The highest BCUT2D eigenvalue weighted by Crippen LogP contribution is 2.11. The summed E-state index contributed by atoms with van der Waals surface area (Å²) in [6.07, 6.45) is 3.03. The van der Waals surface area contributed by atoms with E-state index in [0.29, 0.717) is 12.1 Å². The van der Waals surface area contributed by atoms with Crippen LogP contribution in [-0.2, 0) is 0 Å². The van der Waals surface area contributed by atoms with E-state index in [2.05, 4.69) is 42.8 Å². The van der Waals surface area contributed by atoms with Gasteiger partial charge in [0.1, 0.15) is 0 Å². The number of nitrogens with zero attached hydrogens (tertiary/aromatic N) is 4. The van der Waals surface area contributed by atoms with Gasteiger partial charge >= 0.3 is 0 Å². The van der Waals surface area contributed by atoms with Gasteiger partial charge in [-0.3, -0.25) is 9.69 Å². The number of carbonyl (C=O) groups is 1. The molecule has 1 unspecified atom stereocenters. The van der Waals surface area contributed by atoms with Gasteiger partial charge in [0.05, 0.1) is 18.4 Å². The summed E-state index contributed by atoms with van der Waals surface area (Å²) in [5.41, 5.74) is 0. The molecule has 0 aromatic carbocycles. The molecule has 0 bridgehead atoms. The lowest BCUT2D eigenvalue weighted by molar-refractivity contribution is 0.0591. The first kappa shape index (κ1) is 12.8. The second kappa shape index (κ2) is 5.21. The molecule has 0 saturated heterocycles. The van der Waals surface area contributed by atoms with Crippen molar-refractivity contribution in [1.29, 1.82) is 0 Å². The molecule has 0 spiro atoms. The van der Waals surface area contributed by atoms with Crippen LogP contribution in [0.2, 0.25) is 0 Å². The molecule has 1 rings (SSSR count). The van der Waals surface area contributed by atoms with Crippen molar-refractivity contribution in [3.63, 3.8) is 0 Å². The number of hydrogen-bond acceptors (Lipinski definition) is 4. The molecule has 1 heterocycles. The first-order valence-corrected chi connectivity index (χ1v) is 5.63.